The molecule has 30 heavy (non-hydrogen) atoms. The fourth-order valence-electron chi connectivity index (χ4n) is 3.03. The van der Waals surface area contributed by atoms with Gasteiger partial charge in [-0.3, -0.25) is 14.5 Å². The van der Waals surface area contributed by atoms with E-state index in [0.29, 0.717) is 24.5 Å². The number of thioether (sulfide) groups is 1. The van der Waals surface area contributed by atoms with E-state index >= 15 is 0 Å². The van der Waals surface area contributed by atoms with Crippen molar-refractivity contribution in [2.75, 3.05) is 17.6 Å². The highest BCUT2D eigenvalue weighted by atomic mass is 79.9. The Hall–Kier alpha value is -1.84. The summed E-state index contributed by atoms with van der Waals surface area (Å²) < 4.78 is 29.0. The maximum atomic E-state index is 12.7. The Morgan fingerprint density at radius 2 is 2.00 bits per heavy atom. The number of amides is 1. The summed E-state index contributed by atoms with van der Waals surface area (Å²) in [7, 11) is -3.74. The van der Waals surface area contributed by atoms with Gasteiger partial charge in [0.2, 0.25) is 5.91 Å². The summed E-state index contributed by atoms with van der Waals surface area (Å²) in [5, 5.41) is 2.78. The number of benzene rings is 2. The van der Waals surface area contributed by atoms with E-state index in [4.69, 9.17) is 0 Å². The molecule has 0 saturated heterocycles. The van der Waals surface area contributed by atoms with E-state index in [1.165, 1.54) is 23.9 Å². The molecule has 0 aromatic heterocycles. The van der Waals surface area contributed by atoms with Gasteiger partial charge in [0.25, 0.3) is 10.0 Å². The van der Waals surface area contributed by atoms with Gasteiger partial charge in [-0.15, -0.1) is 11.8 Å². The number of hydrogen-bond donors (Lipinski definition) is 2. The van der Waals surface area contributed by atoms with Gasteiger partial charge in [0.05, 0.1) is 10.6 Å². The third-order valence-electron chi connectivity index (χ3n) is 4.55. The first-order valence-electron chi connectivity index (χ1n) is 9.68. The van der Waals surface area contributed by atoms with Gasteiger partial charge in [0, 0.05) is 28.0 Å². The Labute approximate surface area is 190 Å². The number of carbonyl (C=O) groups is 1. The molecule has 6 nitrogen and oxygen atoms in total. The number of nitrogens with one attached hydrogen (secondary N) is 2. The summed E-state index contributed by atoms with van der Waals surface area (Å²) in [6, 6.07) is 12.2. The largest absolute Gasteiger partial charge is 0.325 e. The predicted octanol–water partition coefficient (Wildman–Crippen LogP) is 4.74. The lowest BCUT2D eigenvalue weighted by atomic mass is 10.2. The fourth-order valence-corrected chi connectivity index (χ4v) is 5.45. The molecule has 2 aromatic rings. The number of halogens is 1. The van der Waals surface area contributed by atoms with Crippen molar-refractivity contribution in [1.82, 2.24) is 4.72 Å². The van der Waals surface area contributed by atoms with Crippen molar-refractivity contribution >= 4 is 55.1 Å². The van der Waals surface area contributed by atoms with Crippen molar-refractivity contribution < 1.29 is 13.2 Å². The normalized spacial score (nSPS) is 14.5. The van der Waals surface area contributed by atoms with Gasteiger partial charge in [0.15, 0.2) is 0 Å². The summed E-state index contributed by atoms with van der Waals surface area (Å²) in [5.41, 5.74) is 1.53. The molecule has 0 spiro atoms. The molecule has 3 rings (SSSR count). The smallest absolute Gasteiger partial charge is 0.262 e. The molecule has 2 aromatic carbocycles. The summed E-state index contributed by atoms with van der Waals surface area (Å²) in [6.45, 7) is 2.63. The van der Waals surface area contributed by atoms with E-state index in [1.54, 1.807) is 12.1 Å². The van der Waals surface area contributed by atoms with Crippen LogP contribution in [0.2, 0.25) is 0 Å². The van der Waals surface area contributed by atoms with Crippen LogP contribution in [0.15, 0.2) is 61.7 Å². The maximum absolute atomic E-state index is 12.7. The van der Waals surface area contributed by atoms with E-state index in [2.05, 4.69) is 31.0 Å². The SMILES string of the molecule is Cc1cc(Br)ccc1SCC(=O)Nc1cccc(S(=O)(=O)NC2=NCCCCC2)c1. The number of anilines is 1. The maximum Gasteiger partial charge on any atom is 0.262 e. The number of amidine groups is 1. The van der Waals surface area contributed by atoms with Gasteiger partial charge in [-0.25, -0.2) is 8.42 Å². The van der Waals surface area contributed by atoms with Gasteiger partial charge in [-0.2, -0.15) is 0 Å². The summed E-state index contributed by atoms with van der Waals surface area (Å²) in [4.78, 5) is 17.8. The highest BCUT2D eigenvalue weighted by molar-refractivity contribution is 9.10. The van der Waals surface area contributed by atoms with E-state index < -0.39 is 10.0 Å². The lowest BCUT2D eigenvalue weighted by Crippen LogP contribution is -2.30. The quantitative estimate of drug-likeness (QED) is 0.550. The first kappa shape index (κ1) is 22.8. The Bertz CT molecular complexity index is 1060. The second-order valence-electron chi connectivity index (χ2n) is 7.02. The van der Waals surface area contributed by atoms with Gasteiger partial charge < -0.3 is 5.32 Å². The predicted molar refractivity (Wildman–Crippen MR) is 126 cm³/mol. The number of aryl methyl sites for hydroxylation is 1. The van der Waals surface area contributed by atoms with Crippen molar-refractivity contribution in [3.05, 3.63) is 52.5 Å². The molecule has 160 valence electrons. The van der Waals surface area contributed by atoms with Crippen LogP contribution in [0.1, 0.15) is 31.2 Å². The molecule has 1 aliphatic rings. The third-order valence-corrected chi connectivity index (χ3v) is 7.60. The molecule has 0 bridgehead atoms. The van der Waals surface area contributed by atoms with Crippen molar-refractivity contribution in [2.24, 2.45) is 4.99 Å². The molecule has 1 amide bonds. The van der Waals surface area contributed by atoms with Crippen LogP contribution in [-0.4, -0.2) is 32.5 Å². The number of sulfonamides is 1. The Morgan fingerprint density at radius 3 is 2.80 bits per heavy atom. The summed E-state index contributed by atoms with van der Waals surface area (Å²) in [6.07, 6.45) is 3.58. The molecule has 9 heteroatoms. The minimum atomic E-state index is -3.74. The number of aliphatic imine (C=N–C) groups is 1. The number of carbonyl (C=O) groups excluding carboxylic acids is 1. The Balaban J connectivity index is 1.62. The minimum Gasteiger partial charge on any atom is -0.325 e. The lowest BCUT2D eigenvalue weighted by Gasteiger charge is -2.11. The summed E-state index contributed by atoms with van der Waals surface area (Å²) in [5.74, 6) is 0.537. The summed E-state index contributed by atoms with van der Waals surface area (Å²) >= 11 is 4.87. The molecule has 2 N–H and O–H groups in total. The Morgan fingerprint density at radius 1 is 1.17 bits per heavy atom. The van der Waals surface area contributed by atoms with Crippen LogP contribution >= 0.6 is 27.7 Å². The number of rotatable bonds is 6. The molecule has 0 unspecified atom stereocenters. The van der Waals surface area contributed by atoms with Gasteiger partial charge in [0.1, 0.15) is 5.84 Å². The van der Waals surface area contributed by atoms with E-state index in [1.807, 2.05) is 25.1 Å². The van der Waals surface area contributed by atoms with Crippen LogP contribution in [-0.2, 0) is 14.8 Å². The van der Waals surface area contributed by atoms with Crippen LogP contribution in [0.25, 0.3) is 0 Å². The van der Waals surface area contributed by atoms with Gasteiger partial charge in [-0.1, -0.05) is 28.4 Å². The van der Waals surface area contributed by atoms with Crippen LogP contribution in [0.5, 0.6) is 0 Å². The zero-order valence-electron chi connectivity index (χ0n) is 16.7. The number of hydrogen-bond acceptors (Lipinski definition) is 5. The average molecular weight is 510 g/mol. The van der Waals surface area contributed by atoms with Crippen molar-refractivity contribution in [3.8, 4) is 0 Å². The topological polar surface area (TPSA) is 87.6 Å². The third kappa shape index (κ3) is 6.58. The van der Waals surface area contributed by atoms with E-state index in [0.717, 1.165) is 34.2 Å². The molecule has 0 fully saturated rings. The fraction of sp³-hybridized carbons (Fsp3) is 0.333. The molecule has 1 aliphatic heterocycles. The van der Waals surface area contributed by atoms with Crippen LogP contribution in [0.4, 0.5) is 5.69 Å². The van der Waals surface area contributed by atoms with Gasteiger partial charge >= 0.3 is 0 Å². The number of nitrogens with zero attached hydrogens (tertiary/aromatic N) is 1. The van der Waals surface area contributed by atoms with Crippen LogP contribution in [0.3, 0.4) is 0 Å². The molecular formula is C21H24BrN3O3S2. The average Bonchev–Trinajstić information content (AvgIpc) is 2.96. The van der Waals surface area contributed by atoms with Crippen LogP contribution < -0.4 is 10.0 Å². The first-order chi connectivity index (χ1) is 14.3. The van der Waals surface area contributed by atoms with E-state index in [9.17, 15) is 13.2 Å². The van der Waals surface area contributed by atoms with Crippen molar-refractivity contribution in [2.45, 2.75) is 42.4 Å². The lowest BCUT2D eigenvalue weighted by molar-refractivity contribution is -0.113. The molecule has 1 heterocycles. The molecule has 0 saturated carbocycles. The minimum absolute atomic E-state index is 0.101. The Kier molecular flexibility index (Phi) is 7.96. The highest BCUT2D eigenvalue weighted by Crippen LogP contribution is 2.25. The molecule has 0 radical (unpaired) electrons. The zero-order chi connectivity index (χ0) is 21.6. The molecular weight excluding hydrogens is 486 g/mol. The standard InChI is InChI=1S/C21H24BrN3O3S2/c1-15-12-16(22)9-10-19(15)29-14-21(26)24-17-6-5-7-18(13-17)30(27,28)25-20-8-3-2-4-11-23-20/h5-7,9-10,12-13H,2-4,8,11,14H2,1H3,(H,23,25)(H,24,26). The second-order valence-corrected chi connectivity index (χ2v) is 10.6. The zero-order valence-corrected chi connectivity index (χ0v) is 19.9. The monoisotopic (exact) mass is 509 g/mol. The second kappa shape index (κ2) is 10.5. The van der Waals surface area contributed by atoms with E-state index in [-0.39, 0.29) is 16.6 Å². The van der Waals surface area contributed by atoms with Crippen molar-refractivity contribution in [3.63, 3.8) is 0 Å². The van der Waals surface area contributed by atoms with Gasteiger partial charge in [-0.05, 0) is 61.7 Å². The van der Waals surface area contributed by atoms with Crippen molar-refractivity contribution in [1.29, 1.82) is 0 Å². The molecule has 0 aliphatic carbocycles. The first-order valence-corrected chi connectivity index (χ1v) is 12.9. The van der Waals surface area contributed by atoms with Crippen LogP contribution in [0, 0.1) is 6.92 Å². The highest BCUT2D eigenvalue weighted by Gasteiger charge is 2.18. The molecule has 0 atom stereocenters.